The zero-order valence-electron chi connectivity index (χ0n) is 18.3. The van der Waals surface area contributed by atoms with Gasteiger partial charge in [0, 0.05) is 35.9 Å². The highest BCUT2D eigenvalue weighted by Gasteiger charge is 2.28. The number of pyridine rings is 1. The van der Waals surface area contributed by atoms with Crippen molar-refractivity contribution in [3.63, 3.8) is 0 Å². The highest BCUT2D eigenvalue weighted by molar-refractivity contribution is 6.30. The lowest BCUT2D eigenvalue weighted by atomic mass is 10.1. The summed E-state index contributed by atoms with van der Waals surface area (Å²) in [6, 6.07) is 10.6. The van der Waals surface area contributed by atoms with E-state index in [1.54, 1.807) is 41.4 Å². The molecule has 1 aromatic carbocycles. The molecule has 0 radical (unpaired) electrons. The average molecular weight is 476 g/mol. The van der Waals surface area contributed by atoms with Gasteiger partial charge in [-0.3, -0.25) is 4.79 Å². The fourth-order valence-corrected chi connectivity index (χ4v) is 4.27. The number of likely N-dealkylation sites (tertiary alicyclic amines) is 1. The standard InChI is InChI=1S/C24H22ClN7O2/c1-2-20(33)31-11-3-4-17(13-31)32-24-21(23(26)28-14-29-24)22(30-32)15-5-10-19(27-12-15)34-18-8-6-16(25)7-9-18/h2,5-10,12,14,17H,1,3-4,11,13H2,(H2,26,28,29)/t17-/m1/s1. The van der Waals surface area contributed by atoms with Gasteiger partial charge in [-0.1, -0.05) is 18.2 Å². The van der Waals surface area contributed by atoms with E-state index in [4.69, 9.17) is 27.2 Å². The van der Waals surface area contributed by atoms with Crippen molar-refractivity contribution in [2.24, 2.45) is 0 Å². The molecule has 1 saturated heterocycles. The topological polar surface area (TPSA) is 112 Å². The molecule has 1 fully saturated rings. The highest BCUT2D eigenvalue weighted by atomic mass is 35.5. The fraction of sp³-hybridized carbons (Fsp3) is 0.208. The second-order valence-electron chi connectivity index (χ2n) is 7.98. The summed E-state index contributed by atoms with van der Waals surface area (Å²) in [7, 11) is 0. The highest BCUT2D eigenvalue weighted by Crippen LogP contribution is 2.34. The van der Waals surface area contributed by atoms with Crippen molar-refractivity contribution >= 4 is 34.4 Å². The van der Waals surface area contributed by atoms with E-state index in [0.717, 1.165) is 18.4 Å². The largest absolute Gasteiger partial charge is 0.439 e. The van der Waals surface area contributed by atoms with Crippen molar-refractivity contribution in [3.05, 3.63) is 66.6 Å². The number of carbonyl (C=O) groups excluding carboxylic acids is 1. The van der Waals surface area contributed by atoms with Crippen LogP contribution in [0.1, 0.15) is 18.9 Å². The van der Waals surface area contributed by atoms with Gasteiger partial charge in [-0.25, -0.2) is 19.6 Å². The van der Waals surface area contributed by atoms with Crippen molar-refractivity contribution in [2.45, 2.75) is 18.9 Å². The summed E-state index contributed by atoms with van der Waals surface area (Å²) in [6.07, 6.45) is 6.18. The van der Waals surface area contributed by atoms with Crippen LogP contribution in [-0.4, -0.2) is 48.6 Å². The molecule has 10 heteroatoms. The van der Waals surface area contributed by atoms with Crippen LogP contribution in [0.3, 0.4) is 0 Å². The van der Waals surface area contributed by atoms with Gasteiger partial charge in [0.2, 0.25) is 11.8 Å². The number of aromatic nitrogens is 5. The van der Waals surface area contributed by atoms with Crippen LogP contribution >= 0.6 is 11.6 Å². The molecule has 9 nitrogen and oxygen atoms in total. The van der Waals surface area contributed by atoms with Crippen LogP contribution in [0.15, 0.2) is 61.6 Å². The zero-order chi connectivity index (χ0) is 23.7. The van der Waals surface area contributed by atoms with Crippen molar-refractivity contribution in [1.82, 2.24) is 29.6 Å². The van der Waals surface area contributed by atoms with E-state index in [0.29, 0.717) is 52.3 Å². The minimum atomic E-state index is -0.0870. The van der Waals surface area contributed by atoms with Crippen LogP contribution in [0.25, 0.3) is 22.3 Å². The SMILES string of the molecule is C=CC(=O)N1CCC[C@@H](n2nc(-c3ccc(Oc4ccc(Cl)cc4)nc3)c3c(N)ncnc32)C1. The Morgan fingerprint density at radius 3 is 2.74 bits per heavy atom. The van der Waals surface area contributed by atoms with Gasteiger partial charge >= 0.3 is 0 Å². The first-order chi connectivity index (χ1) is 16.5. The van der Waals surface area contributed by atoms with Gasteiger partial charge in [-0.2, -0.15) is 5.10 Å². The first kappa shape index (κ1) is 21.8. The number of nitrogen functional groups attached to an aromatic ring is 1. The number of hydrogen-bond acceptors (Lipinski definition) is 7. The molecule has 4 heterocycles. The number of hydrogen-bond donors (Lipinski definition) is 1. The van der Waals surface area contributed by atoms with Crippen molar-refractivity contribution < 1.29 is 9.53 Å². The van der Waals surface area contributed by atoms with E-state index in [2.05, 4.69) is 21.5 Å². The second-order valence-corrected chi connectivity index (χ2v) is 8.41. The third-order valence-electron chi connectivity index (χ3n) is 5.79. The Hall–Kier alpha value is -3.98. The number of halogens is 1. The van der Waals surface area contributed by atoms with Crippen LogP contribution in [0.2, 0.25) is 5.02 Å². The van der Waals surface area contributed by atoms with E-state index in [1.807, 2.05) is 10.7 Å². The second kappa shape index (κ2) is 9.11. The number of rotatable bonds is 5. The minimum absolute atomic E-state index is 0.0383. The molecule has 0 spiro atoms. The smallest absolute Gasteiger partial charge is 0.246 e. The van der Waals surface area contributed by atoms with Crippen molar-refractivity contribution in [3.8, 4) is 22.9 Å². The third kappa shape index (κ3) is 4.17. The molecular formula is C24H22ClN7O2. The van der Waals surface area contributed by atoms with E-state index in [9.17, 15) is 4.79 Å². The maximum absolute atomic E-state index is 12.2. The minimum Gasteiger partial charge on any atom is -0.439 e. The quantitative estimate of drug-likeness (QED) is 0.429. The maximum Gasteiger partial charge on any atom is 0.246 e. The Kier molecular flexibility index (Phi) is 5.85. The number of piperidine rings is 1. The number of benzene rings is 1. The third-order valence-corrected chi connectivity index (χ3v) is 6.04. The molecule has 1 aliphatic rings. The molecule has 1 aliphatic heterocycles. The van der Waals surface area contributed by atoms with Crippen LogP contribution < -0.4 is 10.5 Å². The summed E-state index contributed by atoms with van der Waals surface area (Å²) >= 11 is 5.93. The first-order valence-corrected chi connectivity index (χ1v) is 11.2. The van der Waals surface area contributed by atoms with Gasteiger partial charge in [0.15, 0.2) is 5.65 Å². The number of ether oxygens (including phenoxy) is 1. The summed E-state index contributed by atoms with van der Waals surface area (Å²) < 4.78 is 7.64. The van der Waals surface area contributed by atoms with Crippen molar-refractivity contribution in [2.75, 3.05) is 18.8 Å². The molecule has 0 aliphatic carbocycles. The monoisotopic (exact) mass is 475 g/mol. The lowest BCUT2D eigenvalue weighted by molar-refractivity contribution is -0.127. The van der Waals surface area contributed by atoms with Gasteiger partial charge in [-0.05, 0) is 49.2 Å². The summed E-state index contributed by atoms with van der Waals surface area (Å²) in [5, 5.41) is 6.15. The Balaban J connectivity index is 1.48. The Morgan fingerprint density at radius 2 is 2.00 bits per heavy atom. The summed E-state index contributed by atoms with van der Waals surface area (Å²) in [5.41, 5.74) is 8.25. The molecule has 3 aromatic heterocycles. The molecule has 1 atom stereocenters. The predicted molar refractivity (Wildman–Crippen MR) is 130 cm³/mol. The predicted octanol–water partition coefficient (Wildman–Crippen LogP) is 4.27. The molecule has 4 aromatic rings. The number of nitrogens with two attached hydrogens (primary N) is 1. The van der Waals surface area contributed by atoms with E-state index < -0.39 is 0 Å². The fourth-order valence-electron chi connectivity index (χ4n) is 4.14. The van der Waals surface area contributed by atoms with E-state index >= 15 is 0 Å². The molecule has 1 amide bonds. The number of anilines is 1. The summed E-state index contributed by atoms with van der Waals surface area (Å²) in [5.74, 6) is 1.32. The van der Waals surface area contributed by atoms with Crippen LogP contribution in [0, 0.1) is 0 Å². The van der Waals surface area contributed by atoms with E-state index in [-0.39, 0.29) is 11.9 Å². The summed E-state index contributed by atoms with van der Waals surface area (Å²) in [4.78, 5) is 27.0. The van der Waals surface area contributed by atoms with Crippen LogP contribution in [-0.2, 0) is 4.79 Å². The molecule has 0 bridgehead atoms. The Bertz CT molecular complexity index is 1350. The first-order valence-electron chi connectivity index (χ1n) is 10.8. The number of fused-ring (bicyclic) bond motifs is 1. The van der Waals surface area contributed by atoms with Crippen LogP contribution in [0.5, 0.6) is 11.6 Å². The number of amides is 1. The van der Waals surface area contributed by atoms with Gasteiger partial charge in [-0.15, -0.1) is 0 Å². The average Bonchev–Trinajstić information content (AvgIpc) is 3.26. The maximum atomic E-state index is 12.2. The Labute approximate surface area is 200 Å². The Morgan fingerprint density at radius 1 is 1.18 bits per heavy atom. The molecular weight excluding hydrogens is 454 g/mol. The molecule has 5 rings (SSSR count). The number of carbonyl (C=O) groups is 1. The van der Waals surface area contributed by atoms with Crippen molar-refractivity contribution in [1.29, 1.82) is 0 Å². The molecule has 0 saturated carbocycles. The van der Waals surface area contributed by atoms with Gasteiger partial charge < -0.3 is 15.4 Å². The molecule has 0 unspecified atom stereocenters. The lowest BCUT2D eigenvalue weighted by Crippen LogP contribution is -2.40. The zero-order valence-corrected chi connectivity index (χ0v) is 19.0. The van der Waals surface area contributed by atoms with Gasteiger partial charge in [0.1, 0.15) is 23.6 Å². The molecule has 34 heavy (non-hydrogen) atoms. The van der Waals surface area contributed by atoms with E-state index in [1.165, 1.54) is 12.4 Å². The van der Waals surface area contributed by atoms with Crippen LogP contribution in [0.4, 0.5) is 5.82 Å². The molecule has 2 N–H and O–H groups in total. The normalized spacial score (nSPS) is 15.9. The number of nitrogens with zero attached hydrogens (tertiary/aromatic N) is 6. The lowest BCUT2D eigenvalue weighted by Gasteiger charge is -2.32. The molecule has 172 valence electrons. The van der Waals surface area contributed by atoms with Gasteiger partial charge in [0.25, 0.3) is 0 Å². The summed E-state index contributed by atoms with van der Waals surface area (Å²) in [6.45, 7) is 4.83. The van der Waals surface area contributed by atoms with Gasteiger partial charge in [0.05, 0.1) is 11.4 Å².